The number of hydrogen-bond acceptors (Lipinski definition) is 8. The van der Waals surface area contributed by atoms with Crippen molar-refractivity contribution < 1.29 is 9.90 Å². The largest absolute Gasteiger partial charge is 0.465 e. The van der Waals surface area contributed by atoms with Gasteiger partial charge >= 0.3 is 6.09 Å². The van der Waals surface area contributed by atoms with Gasteiger partial charge in [0, 0.05) is 11.7 Å². The maximum atomic E-state index is 11.1. The molecule has 0 radical (unpaired) electrons. The lowest BCUT2D eigenvalue weighted by molar-refractivity contribution is 0.184. The average Bonchev–Trinajstić information content (AvgIpc) is 3.30. The molecule has 1 fully saturated rings. The smallest absolute Gasteiger partial charge is 0.404 e. The second-order valence-electron chi connectivity index (χ2n) is 7.15. The molecule has 2 aromatic heterocycles. The molecule has 2 unspecified atom stereocenters. The zero-order valence-corrected chi connectivity index (χ0v) is 16.6. The van der Waals surface area contributed by atoms with Crippen molar-refractivity contribution in [3.05, 3.63) is 48.5 Å². The number of benzene rings is 1. The molecule has 3 aromatic rings. The summed E-state index contributed by atoms with van der Waals surface area (Å²) in [6, 6.07) is 9.09. The Morgan fingerprint density at radius 2 is 1.97 bits per heavy atom. The van der Waals surface area contributed by atoms with Gasteiger partial charge < -0.3 is 21.1 Å². The SMILES string of the molecule is N#Cc1ncc(NC2CCCCC2NC(=O)O)nc1Nc1cccc(-n2nccn2)c1. The van der Waals surface area contributed by atoms with Gasteiger partial charge in [0.15, 0.2) is 11.5 Å². The van der Waals surface area contributed by atoms with E-state index in [1.165, 1.54) is 11.0 Å². The van der Waals surface area contributed by atoms with Gasteiger partial charge in [-0.05, 0) is 31.0 Å². The van der Waals surface area contributed by atoms with Crippen molar-refractivity contribution in [2.24, 2.45) is 0 Å². The summed E-state index contributed by atoms with van der Waals surface area (Å²) in [5.41, 5.74) is 1.60. The van der Waals surface area contributed by atoms with Crippen molar-refractivity contribution in [2.75, 3.05) is 10.6 Å². The summed E-state index contributed by atoms with van der Waals surface area (Å²) in [5, 5.41) is 35.7. The second-order valence-corrected chi connectivity index (χ2v) is 7.15. The molecule has 1 aliphatic carbocycles. The summed E-state index contributed by atoms with van der Waals surface area (Å²) < 4.78 is 0. The third-order valence-corrected chi connectivity index (χ3v) is 5.05. The Kier molecular flexibility index (Phi) is 5.89. The number of nitrogens with zero attached hydrogens (tertiary/aromatic N) is 6. The van der Waals surface area contributed by atoms with Crippen molar-refractivity contribution >= 4 is 23.4 Å². The van der Waals surface area contributed by atoms with Crippen LogP contribution in [0.2, 0.25) is 0 Å². The normalized spacial score (nSPS) is 18.0. The maximum Gasteiger partial charge on any atom is 0.404 e. The van der Waals surface area contributed by atoms with E-state index in [2.05, 4.69) is 36.1 Å². The van der Waals surface area contributed by atoms with Crippen LogP contribution < -0.4 is 16.0 Å². The van der Waals surface area contributed by atoms with Gasteiger partial charge in [0.1, 0.15) is 11.9 Å². The van der Waals surface area contributed by atoms with E-state index in [9.17, 15) is 10.1 Å². The molecule has 11 nitrogen and oxygen atoms in total. The highest BCUT2D eigenvalue weighted by molar-refractivity contribution is 5.66. The zero-order valence-electron chi connectivity index (χ0n) is 16.6. The van der Waals surface area contributed by atoms with E-state index in [-0.39, 0.29) is 17.8 Å². The number of amides is 1. The van der Waals surface area contributed by atoms with Crippen molar-refractivity contribution in [1.29, 1.82) is 5.26 Å². The highest BCUT2D eigenvalue weighted by atomic mass is 16.4. The summed E-state index contributed by atoms with van der Waals surface area (Å²) >= 11 is 0. The minimum absolute atomic E-state index is 0.103. The van der Waals surface area contributed by atoms with E-state index < -0.39 is 6.09 Å². The quantitative estimate of drug-likeness (QED) is 0.472. The molecule has 4 rings (SSSR count). The summed E-state index contributed by atoms with van der Waals surface area (Å²) in [6.07, 6.45) is 7.16. The van der Waals surface area contributed by atoms with Crippen LogP contribution in [0.5, 0.6) is 0 Å². The van der Waals surface area contributed by atoms with Crippen LogP contribution in [0.4, 0.5) is 22.1 Å². The van der Waals surface area contributed by atoms with Gasteiger partial charge in [-0.1, -0.05) is 18.9 Å². The topological polar surface area (TPSA) is 154 Å². The predicted octanol–water partition coefficient (Wildman–Crippen LogP) is 2.66. The van der Waals surface area contributed by atoms with Crippen LogP contribution in [0, 0.1) is 11.3 Å². The Morgan fingerprint density at radius 1 is 1.19 bits per heavy atom. The number of carboxylic acid groups (broad SMARTS) is 1. The van der Waals surface area contributed by atoms with Gasteiger partial charge in [-0.2, -0.15) is 20.3 Å². The van der Waals surface area contributed by atoms with E-state index in [1.807, 2.05) is 30.3 Å². The molecule has 0 saturated heterocycles. The fourth-order valence-electron chi connectivity index (χ4n) is 3.65. The van der Waals surface area contributed by atoms with E-state index in [0.29, 0.717) is 17.3 Å². The summed E-state index contributed by atoms with van der Waals surface area (Å²) in [4.78, 5) is 21.3. The van der Waals surface area contributed by atoms with E-state index in [1.54, 1.807) is 12.4 Å². The van der Waals surface area contributed by atoms with Gasteiger partial charge in [0.25, 0.3) is 0 Å². The lowest BCUT2D eigenvalue weighted by atomic mass is 9.90. The Labute approximate surface area is 178 Å². The number of carbonyl (C=O) groups is 1. The Balaban J connectivity index is 1.55. The Morgan fingerprint density at radius 3 is 2.71 bits per heavy atom. The number of nitriles is 1. The monoisotopic (exact) mass is 419 g/mol. The molecule has 1 aliphatic rings. The molecule has 0 aliphatic heterocycles. The third kappa shape index (κ3) is 4.87. The molecule has 1 saturated carbocycles. The average molecular weight is 419 g/mol. The van der Waals surface area contributed by atoms with Gasteiger partial charge in [-0.25, -0.2) is 14.8 Å². The molecule has 1 amide bonds. The molecular weight excluding hydrogens is 398 g/mol. The highest BCUT2D eigenvalue weighted by Gasteiger charge is 2.27. The first-order valence-electron chi connectivity index (χ1n) is 9.89. The van der Waals surface area contributed by atoms with Gasteiger partial charge in [0.2, 0.25) is 0 Å². The molecular formula is C20H21N9O2. The molecule has 0 bridgehead atoms. The van der Waals surface area contributed by atoms with Crippen molar-refractivity contribution in [1.82, 2.24) is 30.3 Å². The number of nitrogens with one attached hydrogen (secondary N) is 3. The van der Waals surface area contributed by atoms with Crippen LogP contribution in [0.3, 0.4) is 0 Å². The first-order chi connectivity index (χ1) is 15.1. The lowest BCUT2D eigenvalue weighted by Gasteiger charge is -2.32. The van der Waals surface area contributed by atoms with Gasteiger partial charge in [0.05, 0.1) is 30.3 Å². The minimum atomic E-state index is -1.04. The van der Waals surface area contributed by atoms with Crippen LogP contribution in [0.25, 0.3) is 5.69 Å². The van der Waals surface area contributed by atoms with Crippen LogP contribution in [0.15, 0.2) is 42.9 Å². The van der Waals surface area contributed by atoms with Gasteiger partial charge in [-0.15, -0.1) is 0 Å². The molecule has 158 valence electrons. The van der Waals surface area contributed by atoms with Crippen LogP contribution in [-0.2, 0) is 0 Å². The highest BCUT2D eigenvalue weighted by Crippen LogP contribution is 2.24. The summed E-state index contributed by atoms with van der Waals surface area (Å²) in [7, 11) is 0. The molecule has 1 aromatic carbocycles. The molecule has 11 heteroatoms. The van der Waals surface area contributed by atoms with Crippen molar-refractivity contribution in [3.8, 4) is 11.8 Å². The van der Waals surface area contributed by atoms with E-state index >= 15 is 0 Å². The first kappa shape index (κ1) is 20.1. The third-order valence-electron chi connectivity index (χ3n) is 5.05. The van der Waals surface area contributed by atoms with E-state index in [0.717, 1.165) is 31.4 Å². The van der Waals surface area contributed by atoms with Crippen LogP contribution >= 0.6 is 0 Å². The van der Waals surface area contributed by atoms with E-state index in [4.69, 9.17) is 5.11 Å². The second kappa shape index (κ2) is 9.08. The van der Waals surface area contributed by atoms with Crippen molar-refractivity contribution in [2.45, 2.75) is 37.8 Å². The Bertz CT molecular complexity index is 1090. The molecule has 2 atom stereocenters. The van der Waals surface area contributed by atoms with Crippen LogP contribution in [-0.4, -0.2) is 48.2 Å². The molecule has 4 N–H and O–H groups in total. The fourth-order valence-corrected chi connectivity index (χ4v) is 3.65. The standard InChI is InChI=1S/C20H21N9O2/c21-11-17-19(25-13-4-3-5-14(10-13)29-23-8-9-24-29)28-18(12-22-17)26-15-6-1-2-7-16(15)27-20(30)31/h3-5,8-10,12,15-16,27H,1-2,6-7H2,(H,30,31)(H2,25,26,28). The maximum absolute atomic E-state index is 11.1. The Hall–Kier alpha value is -4.20. The lowest BCUT2D eigenvalue weighted by Crippen LogP contribution is -2.48. The number of aromatic nitrogens is 5. The number of hydrogen-bond donors (Lipinski definition) is 4. The van der Waals surface area contributed by atoms with Crippen molar-refractivity contribution in [3.63, 3.8) is 0 Å². The zero-order chi connectivity index (χ0) is 21.6. The molecule has 0 spiro atoms. The predicted molar refractivity (Wildman–Crippen MR) is 112 cm³/mol. The number of rotatable bonds is 6. The summed E-state index contributed by atoms with van der Waals surface area (Å²) in [6.45, 7) is 0. The molecule has 2 heterocycles. The van der Waals surface area contributed by atoms with Gasteiger partial charge in [-0.3, -0.25) is 0 Å². The number of anilines is 3. The summed E-state index contributed by atoms with van der Waals surface area (Å²) in [5.74, 6) is 0.770. The molecule has 31 heavy (non-hydrogen) atoms. The fraction of sp³-hybridized carbons (Fsp3) is 0.300. The van der Waals surface area contributed by atoms with Crippen LogP contribution in [0.1, 0.15) is 31.4 Å². The first-order valence-corrected chi connectivity index (χ1v) is 9.89. The minimum Gasteiger partial charge on any atom is -0.465 e.